The Balaban J connectivity index is 1.48. The largest absolute Gasteiger partial charge is 0.489 e. The minimum atomic E-state index is 0.246. The molecule has 2 aliphatic carbocycles. The fraction of sp³-hybridized carbons (Fsp3) is 0.118. The van der Waals surface area contributed by atoms with E-state index in [9.17, 15) is 0 Å². The maximum atomic E-state index is 6.28. The Bertz CT molecular complexity index is 1480. The van der Waals surface area contributed by atoms with Gasteiger partial charge in [0.1, 0.15) is 24.7 Å². The van der Waals surface area contributed by atoms with Crippen molar-refractivity contribution in [3.05, 3.63) is 150 Å². The molecule has 0 spiro atoms. The van der Waals surface area contributed by atoms with E-state index >= 15 is 0 Å². The molecule has 0 bridgehead atoms. The van der Waals surface area contributed by atoms with E-state index in [4.69, 9.17) is 9.47 Å². The number of fused-ring (bicyclic) bond motifs is 2. The molecule has 36 heavy (non-hydrogen) atoms. The summed E-state index contributed by atoms with van der Waals surface area (Å²) in [4.78, 5) is 0. The second-order valence-corrected chi connectivity index (χ2v) is 9.20. The summed E-state index contributed by atoms with van der Waals surface area (Å²) >= 11 is 0. The zero-order valence-corrected chi connectivity index (χ0v) is 20.1. The number of allylic oxidation sites excluding steroid dienone is 6. The van der Waals surface area contributed by atoms with Gasteiger partial charge >= 0.3 is 0 Å². The molecule has 0 radical (unpaired) electrons. The topological polar surface area (TPSA) is 18.5 Å². The van der Waals surface area contributed by atoms with Gasteiger partial charge in [-0.2, -0.15) is 0 Å². The van der Waals surface area contributed by atoms with Crippen molar-refractivity contribution in [2.45, 2.75) is 6.61 Å². The van der Waals surface area contributed by atoms with Gasteiger partial charge < -0.3 is 9.47 Å². The van der Waals surface area contributed by atoms with E-state index < -0.39 is 0 Å². The minimum absolute atomic E-state index is 0.246. The summed E-state index contributed by atoms with van der Waals surface area (Å²) < 4.78 is 12.5. The Hall–Kier alpha value is -4.30. The van der Waals surface area contributed by atoms with Gasteiger partial charge in [0.25, 0.3) is 0 Å². The molecule has 0 saturated heterocycles. The van der Waals surface area contributed by atoms with E-state index in [0.29, 0.717) is 19.1 Å². The van der Waals surface area contributed by atoms with Crippen LogP contribution >= 0.6 is 0 Å². The first kappa shape index (κ1) is 22.2. The predicted octanol–water partition coefficient (Wildman–Crippen LogP) is 8.18. The molecule has 0 aromatic heterocycles. The van der Waals surface area contributed by atoms with Gasteiger partial charge in [-0.3, -0.25) is 0 Å². The Morgan fingerprint density at radius 2 is 1.25 bits per heavy atom. The maximum Gasteiger partial charge on any atom is 0.119 e. The summed E-state index contributed by atoms with van der Waals surface area (Å²) in [5, 5.41) is 2.48. The molecule has 2 atom stereocenters. The first-order valence-corrected chi connectivity index (χ1v) is 12.5. The van der Waals surface area contributed by atoms with Crippen LogP contribution in [-0.4, -0.2) is 6.61 Å². The van der Waals surface area contributed by atoms with Crippen LogP contribution < -0.4 is 9.47 Å². The lowest BCUT2D eigenvalue weighted by Gasteiger charge is -2.32. The average Bonchev–Trinajstić information content (AvgIpc) is 2.95. The molecule has 0 fully saturated rings. The molecule has 2 nitrogen and oxygen atoms in total. The molecule has 0 N–H and O–H groups in total. The number of hydrogen-bond acceptors (Lipinski definition) is 2. The van der Waals surface area contributed by atoms with Gasteiger partial charge in [-0.1, -0.05) is 109 Å². The highest BCUT2D eigenvalue weighted by Gasteiger charge is 2.30. The van der Waals surface area contributed by atoms with Gasteiger partial charge in [0.15, 0.2) is 0 Å². The second-order valence-electron chi connectivity index (χ2n) is 9.20. The van der Waals surface area contributed by atoms with Crippen molar-refractivity contribution in [1.29, 1.82) is 0 Å². The molecule has 0 aliphatic heterocycles. The summed E-state index contributed by atoms with van der Waals surface area (Å²) in [6.45, 7) is 1.01. The number of para-hydroxylation sites is 2. The molecule has 0 amide bonds. The van der Waals surface area contributed by atoms with Crippen molar-refractivity contribution in [2.24, 2.45) is 11.8 Å². The highest BCUT2D eigenvalue weighted by molar-refractivity contribution is 5.97. The second kappa shape index (κ2) is 10.1. The summed E-state index contributed by atoms with van der Waals surface area (Å²) in [6, 6.07) is 33.2. The lowest BCUT2D eigenvalue weighted by Crippen LogP contribution is -2.20. The van der Waals surface area contributed by atoms with Crippen LogP contribution in [0, 0.1) is 11.8 Å². The lowest BCUT2D eigenvalue weighted by atomic mass is 9.73. The van der Waals surface area contributed by atoms with E-state index in [-0.39, 0.29) is 5.92 Å². The monoisotopic (exact) mass is 468 g/mol. The highest BCUT2D eigenvalue weighted by atomic mass is 16.5. The molecular formula is C34H28O2. The Kier molecular flexibility index (Phi) is 6.24. The number of benzene rings is 4. The molecule has 2 unspecified atom stereocenters. The van der Waals surface area contributed by atoms with Crippen LogP contribution in [0.3, 0.4) is 0 Å². The van der Waals surface area contributed by atoms with Crippen LogP contribution in [0.4, 0.5) is 0 Å². The Labute approximate surface area is 212 Å². The summed E-state index contributed by atoms with van der Waals surface area (Å²) in [6.07, 6.45) is 13.5. The van der Waals surface area contributed by atoms with Crippen molar-refractivity contribution in [1.82, 2.24) is 0 Å². The first-order chi connectivity index (χ1) is 17.9. The number of rotatable bonds is 7. The van der Waals surface area contributed by atoms with E-state index in [0.717, 1.165) is 11.5 Å². The quantitative estimate of drug-likeness (QED) is 0.272. The zero-order valence-electron chi connectivity index (χ0n) is 20.1. The maximum absolute atomic E-state index is 6.28. The van der Waals surface area contributed by atoms with Crippen LogP contribution in [0.25, 0.3) is 16.3 Å². The van der Waals surface area contributed by atoms with Crippen molar-refractivity contribution < 1.29 is 9.47 Å². The molecule has 6 rings (SSSR count). The van der Waals surface area contributed by atoms with Crippen molar-refractivity contribution >= 4 is 16.3 Å². The molecule has 4 aromatic carbocycles. The first-order valence-electron chi connectivity index (χ1n) is 12.5. The van der Waals surface area contributed by atoms with E-state index in [1.54, 1.807) is 0 Å². The Morgan fingerprint density at radius 3 is 2.03 bits per heavy atom. The fourth-order valence-electron chi connectivity index (χ4n) is 5.19. The third-order valence-electron chi connectivity index (χ3n) is 6.94. The fourth-order valence-corrected chi connectivity index (χ4v) is 5.19. The van der Waals surface area contributed by atoms with E-state index in [1.165, 1.54) is 33.0 Å². The molecule has 0 saturated carbocycles. The Morgan fingerprint density at radius 1 is 0.583 bits per heavy atom. The van der Waals surface area contributed by atoms with Gasteiger partial charge in [0.05, 0.1) is 0 Å². The zero-order chi connectivity index (χ0) is 24.2. The SMILES string of the molecule is C1=CC2C=CC(COc3ccccc3)=C(c3c(COc4ccccc4)ccc4ccccc34)C2C=C1. The molecule has 176 valence electrons. The van der Waals surface area contributed by atoms with Gasteiger partial charge in [-0.15, -0.1) is 0 Å². The van der Waals surface area contributed by atoms with Crippen LogP contribution in [0.2, 0.25) is 0 Å². The molecule has 0 heterocycles. The lowest BCUT2D eigenvalue weighted by molar-refractivity contribution is 0.306. The summed E-state index contributed by atoms with van der Waals surface area (Å²) in [5.74, 6) is 2.33. The van der Waals surface area contributed by atoms with Gasteiger partial charge in [-0.05, 0) is 57.3 Å². The van der Waals surface area contributed by atoms with Crippen LogP contribution in [-0.2, 0) is 6.61 Å². The highest BCUT2D eigenvalue weighted by Crippen LogP contribution is 2.44. The molecule has 2 aliphatic rings. The molecule has 4 aromatic rings. The van der Waals surface area contributed by atoms with E-state index in [1.807, 2.05) is 60.7 Å². The minimum Gasteiger partial charge on any atom is -0.489 e. The third-order valence-corrected chi connectivity index (χ3v) is 6.94. The molecular weight excluding hydrogens is 440 g/mol. The number of hydrogen-bond donors (Lipinski definition) is 0. The average molecular weight is 469 g/mol. The van der Waals surface area contributed by atoms with Gasteiger partial charge in [0.2, 0.25) is 0 Å². The smallest absolute Gasteiger partial charge is 0.119 e. The van der Waals surface area contributed by atoms with Crippen LogP contribution in [0.1, 0.15) is 11.1 Å². The van der Waals surface area contributed by atoms with Gasteiger partial charge in [0, 0.05) is 11.8 Å². The molecule has 2 heteroatoms. The van der Waals surface area contributed by atoms with Crippen LogP contribution in [0.5, 0.6) is 11.5 Å². The number of ether oxygens (including phenoxy) is 2. The van der Waals surface area contributed by atoms with Crippen LogP contribution in [0.15, 0.2) is 139 Å². The van der Waals surface area contributed by atoms with E-state index in [2.05, 4.69) is 72.9 Å². The third kappa shape index (κ3) is 4.50. The normalized spacial score (nSPS) is 18.3. The summed E-state index contributed by atoms with van der Waals surface area (Å²) in [5.41, 5.74) is 4.97. The van der Waals surface area contributed by atoms with Crippen molar-refractivity contribution in [3.63, 3.8) is 0 Å². The van der Waals surface area contributed by atoms with Crippen molar-refractivity contribution in [2.75, 3.05) is 6.61 Å². The van der Waals surface area contributed by atoms with Crippen molar-refractivity contribution in [3.8, 4) is 11.5 Å². The standard InChI is InChI=1S/C34H28O2/c1-3-13-29(14-4-1)35-23-27-21-19-25-11-7-9-17-31(25)33(27)34-28(24-36-30-15-5-2-6-16-30)22-20-26-12-8-10-18-32(26)34/h1-22,25,31H,23-24H2. The summed E-state index contributed by atoms with van der Waals surface area (Å²) in [7, 11) is 0. The predicted molar refractivity (Wildman–Crippen MR) is 148 cm³/mol. The van der Waals surface area contributed by atoms with Gasteiger partial charge in [-0.25, -0.2) is 0 Å².